The second-order valence-corrected chi connectivity index (χ2v) is 10.8. The Labute approximate surface area is 253 Å². The normalized spacial score (nSPS) is 16.0. The van der Waals surface area contributed by atoms with Crippen LogP contribution in [-0.2, 0) is 6.42 Å². The highest BCUT2D eigenvalue weighted by molar-refractivity contribution is 6.52. The van der Waals surface area contributed by atoms with Crippen LogP contribution in [0.1, 0.15) is 42.0 Å². The molecule has 2 unspecified atom stereocenters. The summed E-state index contributed by atoms with van der Waals surface area (Å²) in [4.78, 5) is 0. The zero-order chi connectivity index (χ0) is 30.6. The number of hydrogen-bond donors (Lipinski definition) is 3. The first-order valence-electron chi connectivity index (χ1n) is 13.0. The Balaban J connectivity index is 0.000000295. The lowest BCUT2D eigenvalue weighted by Gasteiger charge is -2.05. The fraction of sp³-hybridized carbons (Fsp3) is 0.312. The standard InChI is InChI=1S/C12H13Cl2N.C10H10F2.C8H11ClN2.C2H6/c1-3-10-11(12(10,13)14)8-4-7(2)5-9(15)6-8;1-3-4-8-9(11)5-7(2)6-10(8)12;1-10-6-3-4-7(9)8(5-6)11-2;1-2/h3-6,10-11H,1,15H2,2H3;3,5-6H,1,4H2,2H3;3-5,10-11H,1-2H3;1-2H3. The minimum atomic E-state index is -0.706. The van der Waals surface area contributed by atoms with E-state index in [1.807, 2.05) is 71.3 Å². The fourth-order valence-corrected chi connectivity index (χ4v) is 5.08. The molecule has 0 radical (unpaired) electrons. The molecule has 3 aromatic rings. The van der Waals surface area contributed by atoms with Gasteiger partial charge in [-0.15, -0.1) is 36.4 Å². The third kappa shape index (κ3) is 9.72. The highest BCUT2D eigenvalue weighted by atomic mass is 35.5. The van der Waals surface area contributed by atoms with Gasteiger partial charge in [-0.3, -0.25) is 0 Å². The van der Waals surface area contributed by atoms with Crippen molar-refractivity contribution in [3.63, 3.8) is 0 Å². The minimum Gasteiger partial charge on any atom is -0.399 e. The van der Waals surface area contributed by atoms with E-state index in [4.69, 9.17) is 40.5 Å². The number of allylic oxidation sites excluding steroid dienone is 2. The van der Waals surface area contributed by atoms with Crippen molar-refractivity contribution in [3.8, 4) is 0 Å². The number of anilines is 3. The average Bonchev–Trinajstić information content (AvgIpc) is 3.48. The minimum absolute atomic E-state index is 0.0931. The molecule has 0 spiro atoms. The molecule has 8 heteroatoms. The highest BCUT2D eigenvalue weighted by Crippen LogP contribution is 2.65. The Hall–Kier alpha value is -2.73. The van der Waals surface area contributed by atoms with Gasteiger partial charge in [0.2, 0.25) is 0 Å². The zero-order valence-corrected chi connectivity index (χ0v) is 26.3. The van der Waals surface area contributed by atoms with Crippen LogP contribution in [0, 0.1) is 31.4 Å². The van der Waals surface area contributed by atoms with Crippen LogP contribution in [0.3, 0.4) is 0 Å². The van der Waals surface area contributed by atoms with Crippen LogP contribution in [0.15, 0.2) is 73.8 Å². The molecule has 40 heavy (non-hydrogen) atoms. The highest BCUT2D eigenvalue weighted by Gasteiger charge is 2.62. The molecule has 3 nitrogen and oxygen atoms in total. The second kappa shape index (κ2) is 16.5. The molecule has 0 bridgehead atoms. The lowest BCUT2D eigenvalue weighted by atomic mass is 10.1. The number of nitrogens with one attached hydrogen (secondary N) is 2. The van der Waals surface area contributed by atoms with Crippen molar-refractivity contribution in [3.05, 3.63) is 113 Å². The van der Waals surface area contributed by atoms with Crippen molar-refractivity contribution < 1.29 is 8.78 Å². The number of hydrogen-bond acceptors (Lipinski definition) is 3. The monoisotopic (exact) mass is 609 g/mol. The van der Waals surface area contributed by atoms with Gasteiger partial charge in [-0.25, -0.2) is 8.78 Å². The number of nitrogens with two attached hydrogens (primary N) is 1. The van der Waals surface area contributed by atoms with Crippen molar-refractivity contribution in [2.75, 3.05) is 30.5 Å². The van der Waals surface area contributed by atoms with Gasteiger partial charge in [0, 0.05) is 42.9 Å². The molecule has 3 aromatic carbocycles. The molecule has 1 aliphatic carbocycles. The maximum absolute atomic E-state index is 13.0. The smallest absolute Gasteiger partial charge is 0.132 e. The average molecular weight is 611 g/mol. The van der Waals surface area contributed by atoms with Crippen molar-refractivity contribution in [1.29, 1.82) is 0 Å². The first-order valence-corrected chi connectivity index (χ1v) is 14.1. The molecule has 0 saturated heterocycles. The first-order chi connectivity index (χ1) is 18.9. The molecule has 1 saturated carbocycles. The van der Waals surface area contributed by atoms with Crippen molar-refractivity contribution in [2.24, 2.45) is 5.92 Å². The van der Waals surface area contributed by atoms with Crippen LogP contribution in [0.4, 0.5) is 25.8 Å². The molecule has 1 aliphatic rings. The van der Waals surface area contributed by atoms with Gasteiger partial charge >= 0.3 is 0 Å². The predicted octanol–water partition coefficient (Wildman–Crippen LogP) is 10.1. The molecule has 2 atom stereocenters. The fourth-order valence-electron chi connectivity index (χ4n) is 4.04. The van der Waals surface area contributed by atoms with E-state index < -0.39 is 16.0 Å². The zero-order valence-electron chi connectivity index (χ0n) is 24.0. The Kier molecular flexibility index (Phi) is 14.6. The summed E-state index contributed by atoms with van der Waals surface area (Å²) in [5.41, 5.74) is 11.5. The van der Waals surface area contributed by atoms with Crippen LogP contribution in [0.25, 0.3) is 0 Å². The summed E-state index contributed by atoms with van der Waals surface area (Å²) < 4.78 is 25.3. The molecule has 4 rings (SSSR count). The van der Waals surface area contributed by atoms with Crippen LogP contribution in [-0.4, -0.2) is 18.4 Å². The van der Waals surface area contributed by atoms with Crippen molar-refractivity contribution in [1.82, 2.24) is 0 Å². The maximum Gasteiger partial charge on any atom is 0.132 e. The summed E-state index contributed by atoms with van der Waals surface area (Å²) in [5.74, 6) is -0.734. The quantitative estimate of drug-likeness (QED) is 0.148. The van der Waals surface area contributed by atoms with E-state index >= 15 is 0 Å². The molecule has 4 N–H and O–H groups in total. The van der Waals surface area contributed by atoms with Crippen LogP contribution in [0.2, 0.25) is 5.02 Å². The Morgan fingerprint density at radius 3 is 1.95 bits per heavy atom. The summed E-state index contributed by atoms with van der Waals surface area (Å²) in [5, 5.41) is 6.77. The topological polar surface area (TPSA) is 50.1 Å². The third-order valence-electron chi connectivity index (χ3n) is 6.00. The molecule has 0 aromatic heterocycles. The summed E-state index contributed by atoms with van der Waals surface area (Å²) >= 11 is 18.2. The SMILES string of the molecule is C=CC1C(c2cc(C)cc(N)c2)C1(Cl)Cl.C=CCc1c(F)cc(C)cc1F.CC.CNc1ccc(Cl)c(NC)c1. The lowest BCUT2D eigenvalue weighted by Crippen LogP contribution is -1.94. The molecule has 218 valence electrons. The Morgan fingerprint density at radius 2 is 1.50 bits per heavy atom. The molecular formula is C32H40Cl3F2N3. The number of benzene rings is 3. The van der Waals surface area contributed by atoms with E-state index in [-0.39, 0.29) is 23.8 Å². The number of halogens is 5. The summed E-state index contributed by atoms with van der Waals surface area (Å²) in [7, 11) is 3.73. The molecule has 1 fully saturated rings. The second-order valence-electron chi connectivity index (χ2n) is 8.99. The Bertz CT molecular complexity index is 1240. The van der Waals surface area contributed by atoms with Crippen molar-refractivity contribution >= 4 is 51.9 Å². The summed E-state index contributed by atoms with van der Waals surface area (Å²) in [6.45, 7) is 14.8. The molecular weight excluding hydrogens is 571 g/mol. The number of nitrogen functional groups attached to an aromatic ring is 1. The van der Waals surface area contributed by atoms with E-state index in [1.165, 1.54) is 18.2 Å². The van der Waals surface area contributed by atoms with Gasteiger partial charge < -0.3 is 16.4 Å². The van der Waals surface area contributed by atoms with Crippen molar-refractivity contribution in [2.45, 2.75) is 44.4 Å². The molecule has 0 amide bonds. The largest absolute Gasteiger partial charge is 0.399 e. The number of aryl methyl sites for hydroxylation is 2. The van der Waals surface area contributed by atoms with Gasteiger partial charge in [-0.05, 0) is 79.4 Å². The summed E-state index contributed by atoms with van der Waals surface area (Å²) in [6.07, 6.45) is 3.53. The molecule has 0 aliphatic heterocycles. The number of rotatable bonds is 6. The van der Waals surface area contributed by atoms with Gasteiger partial charge in [-0.2, -0.15) is 0 Å². The van der Waals surface area contributed by atoms with Crippen LogP contribution >= 0.6 is 34.8 Å². The Morgan fingerprint density at radius 1 is 0.925 bits per heavy atom. The van der Waals surface area contributed by atoms with Crippen LogP contribution < -0.4 is 16.4 Å². The maximum atomic E-state index is 13.0. The van der Waals surface area contributed by atoms with E-state index in [0.29, 0.717) is 5.56 Å². The van der Waals surface area contributed by atoms with E-state index in [2.05, 4.69) is 29.9 Å². The van der Waals surface area contributed by atoms with E-state index in [9.17, 15) is 8.78 Å². The van der Waals surface area contributed by atoms with Gasteiger partial charge in [0.1, 0.15) is 16.0 Å². The molecule has 0 heterocycles. The van der Waals surface area contributed by atoms with E-state index in [0.717, 1.165) is 33.2 Å². The van der Waals surface area contributed by atoms with Gasteiger partial charge in [0.15, 0.2) is 0 Å². The number of alkyl halides is 2. The predicted molar refractivity (Wildman–Crippen MR) is 173 cm³/mol. The first kappa shape index (κ1) is 35.3. The third-order valence-corrected chi connectivity index (χ3v) is 7.31. The van der Waals surface area contributed by atoms with E-state index in [1.54, 1.807) is 6.92 Å². The van der Waals surface area contributed by atoms with Gasteiger partial charge in [-0.1, -0.05) is 43.7 Å². The van der Waals surface area contributed by atoms with Gasteiger partial charge in [0.05, 0.1) is 10.7 Å². The lowest BCUT2D eigenvalue weighted by molar-refractivity contribution is 0.561. The summed E-state index contributed by atoms with van der Waals surface area (Å²) in [6, 6.07) is 14.3. The van der Waals surface area contributed by atoms with Crippen LogP contribution in [0.5, 0.6) is 0 Å². The van der Waals surface area contributed by atoms with Gasteiger partial charge in [0.25, 0.3) is 0 Å².